The standard InChI is InChI=1S/C27H19F5O7/c1-11-15(39-27(34)12(2)37-26-22(31)20(29)19(28)21(30)23(26)32)8-6-14-24(33)18(38-25(11)14)10-13-5-7-16(35-3)17(9-13)36-4/h5-10,12H,1-4H3/b18-10-. The van der Waals surface area contributed by atoms with E-state index >= 15 is 0 Å². The number of carbonyl (C=O) groups is 2. The van der Waals surface area contributed by atoms with Gasteiger partial charge in [-0.3, -0.25) is 4.79 Å². The van der Waals surface area contributed by atoms with Gasteiger partial charge in [0, 0.05) is 5.56 Å². The van der Waals surface area contributed by atoms with Gasteiger partial charge in [0.1, 0.15) is 11.5 Å². The number of carbonyl (C=O) groups excluding carboxylic acids is 2. The van der Waals surface area contributed by atoms with E-state index in [2.05, 4.69) is 0 Å². The highest BCUT2D eigenvalue weighted by molar-refractivity contribution is 6.15. The summed E-state index contributed by atoms with van der Waals surface area (Å²) in [5, 5.41) is 0. The van der Waals surface area contributed by atoms with E-state index in [4.69, 9.17) is 23.7 Å². The molecule has 0 amide bonds. The number of ketones is 1. The first kappa shape index (κ1) is 27.4. The summed E-state index contributed by atoms with van der Waals surface area (Å²) in [4.78, 5) is 25.4. The van der Waals surface area contributed by atoms with Crippen LogP contribution in [0.15, 0.2) is 36.1 Å². The van der Waals surface area contributed by atoms with E-state index < -0.39 is 52.7 Å². The molecule has 3 aromatic carbocycles. The molecule has 0 aromatic heterocycles. The van der Waals surface area contributed by atoms with Crippen molar-refractivity contribution in [2.45, 2.75) is 20.0 Å². The van der Waals surface area contributed by atoms with Crippen molar-refractivity contribution in [2.75, 3.05) is 14.2 Å². The largest absolute Gasteiger partial charge is 0.493 e. The van der Waals surface area contributed by atoms with E-state index in [-0.39, 0.29) is 28.4 Å². The van der Waals surface area contributed by atoms with Gasteiger partial charge in [0.15, 0.2) is 29.1 Å². The number of esters is 1. The smallest absolute Gasteiger partial charge is 0.352 e. The van der Waals surface area contributed by atoms with Gasteiger partial charge < -0.3 is 23.7 Å². The average Bonchev–Trinajstić information content (AvgIpc) is 3.25. The highest BCUT2D eigenvalue weighted by Gasteiger charge is 2.33. The van der Waals surface area contributed by atoms with Gasteiger partial charge in [-0.1, -0.05) is 6.07 Å². The molecule has 39 heavy (non-hydrogen) atoms. The fourth-order valence-corrected chi connectivity index (χ4v) is 3.68. The predicted molar refractivity (Wildman–Crippen MR) is 126 cm³/mol. The topological polar surface area (TPSA) is 80.3 Å². The van der Waals surface area contributed by atoms with Gasteiger partial charge >= 0.3 is 5.97 Å². The van der Waals surface area contributed by atoms with E-state index in [0.717, 1.165) is 6.92 Å². The third kappa shape index (κ3) is 4.97. The van der Waals surface area contributed by atoms with Crippen LogP contribution in [0.1, 0.15) is 28.4 Å². The van der Waals surface area contributed by atoms with Crippen LogP contribution < -0.4 is 23.7 Å². The molecular weight excluding hydrogens is 531 g/mol. The Morgan fingerprint density at radius 3 is 2.08 bits per heavy atom. The summed E-state index contributed by atoms with van der Waals surface area (Å²) in [6.45, 7) is 2.48. The van der Waals surface area contributed by atoms with Crippen LogP contribution in [-0.2, 0) is 4.79 Å². The Bertz CT molecular complexity index is 1500. The van der Waals surface area contributed by atoms with Gasteiger partial charge in [-0.15, -0.1) is 0 Å². The molecular formula is C27H19F5O7. The zero-order valence-corrected chi connectivity index (χ0v) is 20.8. The Morgan fingerprint density at radius 1 is 0.872 bits per heavy atom. The van der Waals surface area contributed by atoms with Crippen LogP contribution in [0.25, 0.3) is 6.08 Å². The molecule has 1 heterocycles. The molecule has 1 atom stereocenters. The SMILES string of the molecule is COc1ccc(/C=C2\Oc3c(ccc(OC(=O)C(C)Oc4c(F)c(F)c(F)c(F)c4F)c3C)C2=O)cc1OC. The molecule has 0 radical (unpaired) electrons. The molecule has 0 aliphatic carbocycles. The van der Waals surface area contributed by atoms with Gasteiger partial charge in [-0.05, 0) is 49.8 Å². The van der Waals surface area contributed by atoms with Crippen molar-refractivity contribution in [2.24, 2.45) is 0 Å². The van der Waals surface area contributed by atoms with Crippen molar-refractivity contribution >= 4 is 17.8 Å². The fourth-order valence-electron chi connectivity index (χ4n) is 3.68. The molecule has 1 unspecified atom stereocenters. The van der Waals surface area contributed by atoms with Crippen molar-refractivity contribution in [3.05, 3.63) is 81.9 Å². The van der Waals surface area contributed by atoms with Crippen LogP contribution in [0.4, 0.5) is 22.0 Å². The summed E-state index contributed by atoms with van der Waals surface area (Å²) < 4.78 is 94.0. The lowest BCUT2D eigenvalue weighted by Gasteiger charge is -2.16. The van der Waals surface area contributed by atoms with E-state index in [1.54, 1.807) is 18.2 Å². The lowest BCUT2D eigenvalue weighted by Crippen LogP contribution is -2.29. The molecule has 204 valence electrons. The zero-order valence-electron chi connectivity index (χ0n) is 20.8. The summed E-state index contributed by atoms with van der Waals surface area (Å²) in [5.74, 6) is -13.7. The number of rotatable bonds is 7. The van der Waals surface area contributed by atoms with E-state index in [9.17, 15) is 31.5 Å². The summed E-state index contributed by atoms with van der Waals surface area (Å²) in [6, 6.07) is 7.60. The molecule has 1 aliphatic rings. The summed E-state index contributed by atoms with van der Waals surface area (Å²) in [6.07, 6.45) is -0.302. The second-order valence-corrected chi connectivity index (χ2v) is 8.20. The van der Waals surface area contributed by atoms with Crippen molar-refractivity contribution in [3.63, 3.8) is 0 Å². The molecule has 0 saturated carbocycles. The van der Waals surface area contributed by atoms with Crippen LogP contribution in [0.2, 0.25) is 0 Å². The number of fused-ring (bicyclic) bond motifs is 1. The third-order valence-electron chi connectivity index (χ3n) is 5.75. The zero-order chi connectivity index (χ0) is 28.6. The molecule has 0 fully saturated rings. The van der Waals surface area contributed by atoms with Crippen LogP contribution in [-0.4, -0.2) is 32.1 Å². The highest BCUT2D eigenvalue weighted by Crippen LogP contribution is 2.40. The maximum absolute atomic E-state index is 13.9. The molecule has 1 aliphatic heterocycles. The number of halogens is 5. The van der Waals surface area contributed by atoms with Crippen molar-refractivity contribution in [1.29, 1.82) is 0 Å². The Balaban J connectivity index is 1.54. The van der Waals surface area contributed by atoms with Gasteiger partial charge in [-0.25, -0.2) is 18.0 Å². The number of benzene rings is 3. The molecule has 0 N–H and O–H groups in total. The predicted octanol–water partition coefficient (Wildman–Crippen LogP) is 5.70. The maximum Gasteiger partial charge on any atom is 0.352 e. The molecule has 12 heteroatoms. The van der Waals surface area contributed by atoms with Crippen LogP contribution in [0.5, 0.6) is 28.7 Å². The van der Waals surface area contributed by atoms with Gasteiger partial charge in [0.25, 0.3) is 0 Å². The van der Waals surface area contributed by atoms with E-state index in [1.807, 2.05) is 0 Å². The summed E-state index contributed by atoms with van der Waals surface area (Å²) in [5.41, 5.74) is 0.991. The lowest BCUT2D eigenvalue weighted by molar-refractivity contribution is -0.141. The molecule has 0 saturated heterocycles. The van der Waals surface area contributed by atoms with E-state index in [1.165, 1.54) is 39.4 Å². The minimum Gasteiger partial charge on any atom is -0.493 e. The number of ether oxygens (including phenoxy) is 5. The lowest BCUT2D eigenvalue weighted by atomic mass is 10.1. The Hall–Kier alpha value is -4.61. The first-order chi connectivity index (χ1) is 18.5. The minimum atomic E-state index is -2.37. The molecule has 0 spiro atoms. The number of Topliss-reactive ketones (excluding diaryl/α,β-unsaturated/α-hetero) is 1. The van der Waals surface area contributed by atoms with Gasteiger partial charge in [-0.2, -0.15) is 8.78 Å². The third-order valence-corrected chi connectivity index (χ3v) is 5.75. The maximum atomic E-state index is 13.9. The molecule has 4 rings (SSSR count). The number of methoxy groups -OCH3 is 2. The Kier molecular flexibility index (Phi) is 7.48. The minimum absolute atomic E-state index is 0.0215. The highest BCUT2D eigenvalue weighted by atomic mass is 19.2. The fraction of sp³-hybridized carbons (Fsp3) is 0.185. The molecule has 7 nitrogen and oxygen atoms in total. The normalized spacial score (nSPS) is 14.1. The first-order valence-corrected chi connectivity index (χ1v) is 11.2. The second kappa shape index (κ2) is 10.6. The molecule has 3 aromatic rings. The monoisotopic (exact) mass is 550 g/mol. The van der Waals surface area contributed by atoms with Gasteiger partial charge in [0.2, 0.25) is 34.9 Å². The number of allylic oxidation sites excluding steroid dienone is 1. The second-order valence-electron chi connectivity index (χ2n) is 8.20. The summed E-state index contributed by atoms with van der Waals surface area (Å²) in [7, 11) is 2.94. The van der Waals surface area contributed by atoms with Crippen molar-refractivity contribution in [1.82, 2.24) is 0 Å². The van der Waals surface area contributed by atoms with Crippen molar-refractivity contribution in [3.8, 4) is 28.7 Å². The van der Waals surface area contributed by atoms with Crippen LogP contribution >= 0.6 is 0 Å². The molecule has 0 bridgehead atoms. The van der Waals surface area contributed by atoms with Crippen molar-refractivity contribution < 1.29 is 55.2 Å². The van der Waals surface area contributed by atoms with Crippen LogP contribution in [0.3, 0.4) is 0 Å². The van der Waals surface area contributed by atoms with Gasteiger partial charge in [0.05, 0.1) is 19.8 Å². The number of hydrogen-bond donors (Lipinski definition) is 0. The Morgan fingerprint density at radius 2 is 1.46 bits per heavy atom. The van der Waals surface area contributed by atoms with Crippen LogP contribution in [0, 0.1) is 36.0 Å². The Labute approximate surface area is 218 Å². The first-order valence-electron chi connectivity index (χ1n) is 11.2. The number of hydrogen-bond acceptors (Lipinski definition) is 7. The van der Waals surface area contributed by atoms with E-state index in [0.29, 0.717) is 17.1 Å². The quantitative estimate of drug-likeness (QED) is 0.0933. The summed E-state index contributed by atoms with van der Waals surface area (Å²) >= 11 is 0. The average molecular weight is 550 g/mol.